The van der Waals surface area contributed by atoms with Gasteiger partial charge in [-0.1, -0.05) is 6.92 Å². The number of piperidine rings is 1. The van der Waals surface area contributed by atoms with Gasteiger partial charge in [-0.05, 0) is 39.2 Å². The Labute approximate surface area is 111 Å². The normalized spacial score (nSPS) is 18.9. The lowest BCUT2D eigenvalue weighted by molar-refractivity contribution is -0.132. The predicted octanol–water partition coefficient (Wildman–Crippen LogP) is 1.79. The Bertz CT molecular complexity index is 238. The lowest BCUT2D eigenvalue weighted by Gasteiger charge is -2.32. The van der Waals surface area contributed by atoms with Gasteiger partial charge in [0.2, 0.25) is 5.91 Å². The van der Waals surface area contributed by atoms with Crippen LogP contribution in [0.1, 0.15) is 46.0 Å². The Kier molecular flexibility index (Phi) is 7.28. The molecule has 18 heavy (non-hydrogen) atoms. The number of hydrogen-bond donors (Lipinski definition) is 1. The minimum Gasteiger partial charge on any atom is -0.382 e. The molecule has 0 spiro atoms. The van der Waals surface area contributed by atoms with E-state index in [1.165, 1.54) is 6.42 Å². The highest BCUT2D eigenvalue weighted by Gasteiger charge is 2.22. The van der Waals surface area contributed by atoms with Gasteiger partial charge in [0.25, 0.3) is 0 Å². The zero-order valence-corrected chi connectivity index (χ0v) is 12.1. The molecule has 0 bridgehead atoms. The van der Waals surface area contributed by atoms with Crippen LogP contribution in [-0.2, 0) is 9.53 Å². The third-order valence-corrected chi connectivity index (χ3v) is 3.70. The first-order chi connectivity index (χ1) is 8.67. The number of carbonyl (C=O) groups is 1. The molecule has 1 heterocycles. The zero-order valence-electron chi connectivity index (χ0n) is 12.1. The lowest BCUT2D eigenvalue weighted by Crippen LogP contribution is -2.45. The van der Waals surface area contributed by atoms with Gasteiger partial charge in [-0.2, -0.15) is 0 Å². The average molecular weight is 256 g/mol. The molecule has 0 radical (unpaired) electrons. The topological polar surface area (TPSA) is 41.6 Å². The average Bonchev–Trinajstić information content (AvgIpc) is 2.42. The van der Waals surface area contributed by atoms with E-state index >= 15 is 0 Å². The van der Waals surface area contributed by atoms with Crippen molar-refractivity contribution in [3.63, 3.8) is 0 Å². The second kappa shape index (κ2) is 8.48. The highest BCUT2D eigenvalue weighted by Crippen LogP contribution is 2.13. The highest BCUT2D eigenvalue weighted by atomic mass is 16.5. The molecule has 1 rings (SSSR count). The molecule has 1 saturated heterocycles. The van der Waals surface area contributed by atoms with Crippen molar-refractivity contribution in [1.29, 1.82) is 0 Å². The predicted molar refractivity (Wildman–Crippen MR) is 73.6 cm³/mol. The van der Waals surface area contributed by atoms with Gasteiger partial charge < -0.3 is 15.0 Å². The molecule has 0 aromatic heterocycles. The minimum absolute atomic E-state index is 0.178. The molecule has 1 aliphatic rings. The van der Waals surface area contributed by atoms with E-state index in [1.54, 1.807) is 7.11 Å². The lowest BCUT2D eigenvalue weighted by atomic mass is 10.0. The first-order valence-corrected chi connectivity index (χ1v) is 7.21. The molecule has 1 N–H and O–H groups in total. The van der Waals surface area contributed by atoms with Crippen molar-refractivity contribution in [2.45, 2.75) is 58.1 Å². The third kappa shape index (κ3) is 5.36. The number of ether oxygens (including phenoxy) is 1. The SMILES string of the molecule is CCCNC1CCN(C(=O)CCC(C)OC)CC1. The summed E-state index contributed by atoms with van der Waals surface area (Å²) in [5.74, 6) is 0.285. The van der Waals surface area contributed by atoms with E-state index in [0.717, 1.165) is 38.9 Å². The Morgan fingerprint density at radius 3 is 2.67 bits per heavy atom. The molecule has 1 amide bonds. The fourth-order valence-corrected chi connectivity index (χ4v) is 2.28. The molecule has 0 aromatic carbocycles. The fourth-order valence-electron chi connectivity index (χ4n) is 2.28. The summed E-state index contributed by atoms with van der Waals surface area (Å²) in [6.45, 7) is 7.09. The number of carbonyl (C=O) groups excluding carboxylic acids is 1. The summed E-state index contributed by atoms with van der Waals surface area (Å²) in [7, 11) is 1.69. The summed E-state index contributed by atoms with van der Waals surface area (Å²) in [6, 6.07) is 0.604. The van der Waals surface area contributed by atoms with Crippen molar-refractivity contribution < 1.29 is 9.53 Å². The van der Waals surface area contributed by atoms with Crippen LogP contribution in [0.3, 0.4) is 0 Å². The standard InChI is InChI=1S/C14H28N2O2/c1-4-9-15-13-7-10-16(11-8-13)14(17)6-5-12(2)18-3/h12-13,15H,4-11H2,1-3H3. The maximum atomic E-state index is 12.0. The van der Waals surface area contributed by atoms with E-state index in [9.17, 15) is 4.79 Å². The van der Waals surface area contributed by atoms with Crippen LogP contribution < -0.4 is 5.32 Å². The Hall–Kier alpha value is -0.610. The summed E-state index contributed by atoms with van der Waals surface area (Å²) in [5.41, 5.74) is 0. The first-order valence-electron chi connectivity index (χ1n) is 7.21. The van der Waals surface area contributed by atoms with Crippen molar-refractivity contribution in [3.05, 3.63) is 0 Å². The number of methoxy groups -OCH3 is 1. The summed E-state index contributed by atoms with van der Waals surface area (Å²) in [6.07, 6.45) is 4.97. The van der Waals surface area contributed by atoms with Crippen molar-refractivity contribution in [2.75, 3.05) is 26.7 Å². The molecule has 0 saturated carbocycles. The second-order valence-electron chi connectivity index (χ2n) is 5.19. The molecular formula is C14H28N2O2. The van der Waals surface area contributed by atoms with E-state index in [2.05, 4.69) is 12.2 Å². The Morgan fingerprint density at radius 2 is 2.11 bits per heavy atom. The Balaban J connectivity index is 2.19. The molecule has 4 heteroatoms. The number of amides is 1. The molecule has 1 unspecified atom stereocenters. The molecule has 106 valence electrons. The number of likely N-dealkylation sites (tertiary alicyclic amines) is 1. The zero-order chi connectivity index (χ0) is 13.4. The number of hydrogen-bond acceptors (Lipinski definition) is 3. The van der Waals surface area contributed by atoms with Crippen molar-refractivity contribution >= 4 is 5.91 Å². The number of nitrogens with zero attached hydrogens (tertiary/aromatic N) is 1. The molecule has 1 aliphatic heterocycles. The smallest absolute Gasteiger partial charge is 0.222 e. The van der Waals surface area contributed by atoms with Crippen molar-refractivity contribution in [3.8, 4) is 0 Å². The van der Waals surface area contributed by atoms with E-state index in [0.29, 0.717) is 12.5 Å². The van der Waals surface area contributed by atoms with Crippen molar-refractivity contribution in [1.82, 2.24) is 10.2 Å². The summed E-state index contributed by atoms with van der Waals surface area (Å²) in [5, 5.41) is 3.53. The fraction of sp³-hybridized carbons (Fsp3) is 0.929. The van der Waals surface area contributed by atoms with Crippen LogP contribution in [0.15, 0.2) is 0 Å². The molecule has 0 aliphatic carbocycles. The van der Waals surface area contributed by atoms with Gasteiger partial charge in [0, 0.05) is 32.7 Å². The van der Waals surface area contributed by atoms with Crippen LogP contribution in [0.25, 0.3) is 0 Å². The van der Waals surface area contributed by atoms with Crippen molar-refractivity contribution in [2.24, 2.45) is 0 Å². The van der Waals surface area contributed by atoms with Crippen LogP contribution in [-0.4, -0.2) is 49.7 Å². The van der Waals surface area contributed by atoms with Gasteiger partial charge in [-0.25, -0.2) is 0 Å². The van der Waals surface area contributed by atoms with Crippen LogP contribution in [0.5, 0.6) is 0 Å². The number of rotatable bonds is 7. The van der Waals surface area contributed by atoms with Crippen LogP contribution >= 0.6 is 0 Å². The molecule has 0 aromatic rings. The highest BCUT2D eigenvalue weighted by molar-refractivity contribution is 5.76. The van der Waals surface area contributed by atoms with E-state index in [4.69, 9.17) is 4.74 Å². The van der Waals surface area contributed by atoms with Gasteiger partial charge in [-0.15, -0.1) is 0 Å². The van der Waals surface area contributed by atoms with Gasteiger partial charge in [-0.3, -0.25) is 4.79 Å². The van der Waals surface area contributed by atoms with Crippen LogP contribution in [0, 0.1) is 0 Å². The monoisotopic (exact) mass is 256 g/mol. The van der Waals surface area contributed by atoms with Gasteiger partial charge >= 0.3 is 0 Å². The largest absolute Gasteiger partial charge is 0.382 e. The van der Waals surface area contributed by atoms with E-state index < -0.39 is 0 Å². The van der Waals surface area contributed by atoms with Gasteiger partial charge in [0.05, 0.1) is 6.10 Å². The maximum absolute atomic E-state index is 12.0. The van der Waals surface area contributed by atoms with Crippen LogP contribution in [0.4, 0.5) is 0 Å². The summed E-state index contributed by atoms with van der Waals surface area (Å²) >= 11 is 0. The quantitative estimate of drug-likeness (QED) is 0.755. The third-order valence-electron chi connectivity index (χ3n) is 3.70. The number of nitrogens with one attached hydrogen (secondary N) is 1. The second-order valence-corrected chi connectivity index (χ2v) is 5.19. The minimum atomic E-state index is 0.178. The van der Waals surface area contributed by atoms with Gasteiger partial charge in [0.15, 0.2) is 0 Å². The van der Waals surface area contributed by atoms with E-state index in [-0.39, 0.29) is 12.0 Å². The molecule has 1 atom stereocenters. The molecule has 1 fully saturated rings. The maximum Gasteiger partial charge on any atom is 0.222 e. The van der Waals surface area contributed by atoms with E-state index in [1.807, 2.05) is 11.8 Å². The Morgan fingerprint density at radius 1 is 1.44 bits per heavy atom. The first kappa shape index (κ1) is 15.4. The molecule has 4 nitrogen and oxygen atoms in total. The summed E-state index contributed by atoms with van der Waals surface area (Å²) < 4.78 is 5.17. The molecular weight excluding hydrogens is 228 g/mol. The summed E-state index contributed by atoms with van der Waals surface area (Å²) in [4.78, 5) is 14.0. The van der Waals surface area contributed by atoms with Crippen LogP contribution in [0.2, 0.25) is 0 Å². The van der Waals surface area contributed by atoms with Gasteiger partial charge in [0.1, 0.15) is 0 Å².